The van der Waals surface area contributed by atoms with E-state index in [1.807, 2.05) is 0 Å². The molecule has 0 saturated carbocycles. The number of allylic oxidation sites excluding steroid dienone is 1. The smallest absolute Gasteiger partial charge is 0.313 e. The molecule has 0 fully saturated rings. The first-order chi connectivity index (χ1) is 9.24. The molecule has 0 radical (unpaired) electrons. The average molecular weight is 279 g/mol. The molecule has 106 valence electrons. The Bertz CT molecular complexity index is 588. The van der Waals surface area contributed by atoms with Gasteiger partial charge in [-0.15, -0.1) is 0 Å². The molecule has 1 atom stereocenters. The van der Waals surface area contributed by atoms with Crippen molar-refractivity contribution in [1.82, 2.24) is 0 Å². The topological polar surface area (TPSA) is 38.7 Å². The van der Waals surface area contributed by atoms with E-state index in [-0.39, 0.29) is 5.56 Å². The zero-order valence-electron chi connectivity index (χ0n) is 11.5. The van der Waals surface area contributed by atoms with Crippen molar-refractivity contribution in [3.63, 3.8) is 0 Å². The Kier molecular flexibility index (Phi) is 3.46. The molecule has 1 unspecified atom stereocenters. The van der Waals surface area contributed by atoms with Gasteiger partial charge in [-0.2, -0.15) is 0 Å². The number of halogens is 2. The molecule has 1 aliphatic heterocycles. The Morgan fingerprint density at radius 1 is 1.30 bits per heavy atom. The summed E-state index contributed by atoms with van der Waals surface area (Å²) in [6.07, 6.45) is 4.34. The number of hydrogen-bond donors (Lipinski definition) is 0. The molecule has 0 spiro atoms. The minimum Gasteiger partial charge on any atom is -0.428 e. The van der Waals surface area contributed by atoms with Crippen LogP contribution >= 0.6 is 0 Å². The monoisotopic (exact) mass is 279 g/mol. The second-order valence-corrected chi connectivity index (χ2v) is 5.60. The number of rotatable bonds is 2. The predicted molar refractivity (Wildman–Crippen MR) is 71.2 cm³/mol. The first-order valence-electron chi connectivity index (χ1n) is 6.17. The quantitative estimate of drug-likeness (QED) is 0.779. The van der Waals surface area contributed by atoms with E-state index in [2.05, 4.69) is 4.99 Å². The van der Waals surface area contributed by atoms with Gasteiger partial charge >= 0.3 is 5.97 Å². The van der Waals surface area contributed by atoms with E-state index >= 15 is 0 Å². The van der Waals surface area contributed by atoms with Crippen LogP contribution in [0.3, 0.4) is 0 Å². The van der Waals surface area contributed by atoms with Gasteiger partial charge in [-0.3, -0.25) is 4.79 Å². The number of ether oxygens (including phenoxy) is 1. The summed E-state index contributed by atoms with van der Waals surface area (Å²) >= 11 is 0. The van der Waals surface area contributed by atoms with E-state index in [1.165, 1.54) is 18.4 Å². The molecule has 5 heteroatoms. The van der Waals surface area contributed by atoms with Crippen molar-refractivity contribution < 1.29 is 18.3 Å². The van der Waals surface area contributed by atoms with Crippen molar-refractivity contribution in [2.45, 2.75) is 26.5 Å². The standard InChI is InChI=1S/C15H15F2NO2/c1-14(2,3)13(19)20-15(7-4-8-18-15)11-9-10(16)5-6-12(11)17/h4-9H,1-3H3. The lowest BCUT2D eigenvalue weighted by atomic mass is 9.96. The molecule has 20 heavy (non-hydrogen) atoms. The van der Waals surface area contributed by atoms with Crippen molar-refractivity contribution >= 4 is 12.2 Å². The van der Waals surface area contributed by atoms with Gasteiger partial charge < -0.3 is 4.74 Å². The third kappa shape index (κ3) is 2.61. The lowest BCUT2D eigenvalue weighted by molar-refractivity contribution is -0.165. The summed E-state index contributed by atoms with van der Waals surface area (Å²) in [7, 11) is 0. The number of carbonyl (C=O) groups excluding carboxylic acids is 1. The van der Waals surface area contributed by atoms with Crippen molar-refractivity contribution in [2.24, 2.45) is 10.4 Å². The Morgan fingerprint density at radius 2 is 2.00 bits per heavy atom. The number of benzene rings is 1. The molecule has 0 aliphatic carbocycles. The summed E-state index contributed by atoms with van der Waals surface area (Å²) in [5, 5.41) is 0. The zero-order chi connectivity index (χ0) is 15.0. The fraction of sp³-hybridized carbons (Fsp3) is 0.333. The molecular weight excluding hydrogens is 264 g/mol. The molecule has 1 aromatic rings. The van der Waals surface area contributed by atoms with Gasteiger partial charge in [-0.25, -0.2) is 13.8 Å². The molecule has 0 aromatic heterocycles. The molecule has 0 N–H and O–H groups in total. The van der Waals surface area contributed by atoms with Crippen LogP contribution in [0.4, 0.5) is 8.78 Å². The maximum atomic E-state index is 13.9. The molecule has 1 heterocycles. The van der Waals surface area contributed by atoms with E-state index in [9.17, 15) is 13.6 Å². The molecular formula is C15H15F2NO2. The van der Waals surface area contributed by atoms with E-state index in [0.29, 0.717) is 0 Å². The van der Waals surface area contributed by atoms with Gasteiger partial charge in [-0.05, 0) is 51.1 Å². The second kappa shape index (κ2) is 4.81. The van der Waals surface area contributed by atoms with Gasteiger partial charge in [0.25, 0.3) is 5.72 Å². The highest BCUT2D eigenvalue weighted by Crippen LogP contribution is 2.36. The third-order valence-corrected chi connectivity index (χ3v) is 2.85. The van der Waals surface area contributed by atoms with Crippen LogP contribution in [0.1, 0.15) is 26.3 Å². The Hall–Kier alpha value is -2.04. The highest BCUT2D eigenvalue weighted by atomic mass is 19.1. The van der Waals surface area contributed by atoms with Crippen LogP contribution in [0, 0.1) is 17.0 Å². The van der Waals surface area contributed by atoms with Gasteiger partial charge in [0.1, 0.15) is 11.6 Å². The first-order valence-corrected chi connectivity index (χ1v) is 6.17. The third-order valence-electron chi connectivity index (χ3n) is 2.85. The predicted octanol–water partition coefficient (Wildman–Crippen LogP) is 3.35. The van der Waals surface area contributed by atoms with Gasteiger partial charge in [0.05, 0.1) is 11.0 Å². The van der Waals surface area contributed by atoms with Crippen molar-refractivity contribution in [1.29, 1.82) is 0 Å². The van der Waals surface area contributed by atoms with Crippen molar-refractivity contribution in [3.05, 3.63) is 47.5 Å². The Labute approximate surface area is 116 Å². The minimum absolute atomic E-state index is 0.125. The van der Waals surface area contributed by atoms with E-state index in [0.717, 1.165) is 18.2 Å². The largest absolute Gasteiger partial charge is 0.428 e. The molecule has 0 amide bonds. The highest BCUT2D eigenvalue weighted by Gasteiger charge is 2.40. The molecule has 0 bridgehead atoms. The number of aliphatic imine (C=N–C) groups is 1. The zero-order valence-corrected chi connectivity index (χ0v) is 11.5. The van der Waals surface area contributed by atoms with E-state index in [1.54, 1.807) is 20.8 Å². The average Bonchev–Trinajstić information content (AvgIpc) is 2.80. The summed E-state index contributed by atoms with van der Waals surface area (Å²) < 4.78 is 32.7. The number of hydrogen-bond acceptors (Lipinski definition) is 3. The fourth-order valence-electron chi connectivity index (χ4n) is 1.71. The van der Waals surface area contributed by atoms with Crippen LogP contribution < -0.4 is 0 Å². The lowest BCUT2D eigenvalue weighted by Crippen LogP contribution is -2.34. The number of esters is 1. The summed E-state index contributed by atoms with van der Waals surface area (Å²) in [6.45, 7) is 5.02. The molecule has 1 aromatic carbocycles. The minimum atomic E-state index is -1.63. The number of nitrogens with zero attached hydrogens (tertiary/aromatic N) is 1. The maximum Gasteiger partial charge on any atom is 0.313 e. The van der Waals surface area contributed by atoms with Crippen LogP contribution in [-0.2, 0) is 15.3 Å². The van der Waals surface area contributed by atoms with Crippen molar-refractivity contribution in [2.75, 3.05) is 0 Å². The Morgan fingerprint density at radius 3 is 2.55 bits per heavy atom. The molecule has 2 rings (SSSR count). The molecule has 0 saturated heterocycles. The van der Waals surface area contributed by atoms with Crippen LogP contribution in [0.25, 0.3) is 0 Å². The first kappa shape index (κ1) is 14.4. The summed E-state index contributed by atoms with van der Waals surface area (Å²) in [5.74, 6) is -1.86. The SMILES string of the molecule is CC(C)(C)C(=O)OC1(c2cc(F)ccc2F)C=CC=N1. The summed E-state index contributed by atoms with van der Waals surface area (Å²) in [6, 6.07) is 2.97. The van der Waals surface area contributed by atoms with Gasteiger partial charge in [0, 0.05) is 6.21 Å². The normalized spacial score (nSPS) is 21.2. The Balaban J connectivity index is 2.46. The summed E-state index contributed by atoms with van der Waals surface area (Å²) in [4.78, 5) is 16.1. The lowest BCUT2D eigenvalue weighted by Gasteiger charge is -2.29. The highest BCUT2D eigenvalue weighted by molar-refractivity contribution is 5.79. The second-order valence-electron chi connectivity index (χ2n) is 5.60. The van der Waals surface area contributed by atoms with Gasteiger partial charge in [-0.1, -0.05) is 0 Å². The van der Waals surface area contributed by atoms with Crippen molar-refractivity contribution in [3.8, 4) is 0 Å². The van der Waals surface area contributed by atoms with E-state index in [4.69, 9.17) is 4.74 Å². The number of carbonyl (C=O) groups is 1. The molecule has 1 aliphatic rings. The maximum absolute atomic E-state index is 13.9. The van der Waals surface area contributed by atoms with Crippen LogP contribution in [0.15, 0.2) is 35.3 Å². The molecule has 3 nitrogen and oxygen atoms in total. The van der Waals surface area contributed by atoms with Gasteiger partial charge in [0.15, 0.2) is 0 Å². The fourth-order valence-corrected chi connectivity index (χ4v) is 1.71. The van der Waals surface area contributed by atoms with Crippen LogP contribution in [0.2, 0.25) is 0 Å². The van der Waals surface area contributed by atoms with Crippen LogP contribution in [-0.4, -0.2) is 12.2 Å². The van der Waals surface area contributed by atoms with E-state index < -0.39 is 28.7 Å². The summed E-state index contributed by atoms with van der Waals surface area (Å²) in [5.41, 5.74) is -2.53. The van der Waals surface area contributed by atoms with Gasteiger partial charge in [0.2, 0.25) is 0 Å². The van der Waals surface area contributed by atoms with Crippen LogP contribution in [0.5, 0.6) is 0 Å².